The summed E-state index contributed by atoms with van der Waals surface area (Å²) in [5, 5.41) is 17.1. The Morgan fingerprint density at radius 1 is 1.24 bits per heavy atom. The van der Waals surface area contributed by atoms with Gasteiger partial charge in [0.05, 0.1) is 30.4 Å². The first-order valence-corrected chi connectivity index (χ1v) is 11.5. The average molecular weight is 469 g/mol. The summed E-state index contributed by atoms with van der Waals surface area (Å²) in [7, 11) is 1.96. The number of carbonyl (C=O) groups is 1. The van der Waals surface area contributed by atoms with Gasteiger partial charge in [-0.05, 0) is 60.6 Å². The highest BCUT2D eigenvalue weighted by molar-refractivity contribution is 5.73. The van der Waals surface area contributed by atoms with E-state index in [2.05, 4.69) is 33.8 Å². The maximum Gasteiger partial charge on any atom is 0.217 e. The van der Waals surface area contributed by atoms with Crippen molar-refractivity contribution < 1.29 is 18.7 Å². The molecule has 0 spiro atoms. The van der Waals surface area contributed by atoms with Crippen LogP contribution in [-0.2, 0) is 24.7 Å². The Morgan fingerprint density at radius 2 is 2.00 bits per heavy atom. The van der Waals surface area contributed by atoms with Crippen molar-refractivity contribution in [2.75, 3.05) is 6.54 Å². The van der Waals surface area contributed by atoms with E-state index in [1.807, 2.05) is 17.8 Å². The second-order valence-electron chi connectivity index (χ2n) is 9.01. The number of carbonyl (C=O) groups excluding carboxylic acids is 1. The van der Waals surface area contributed by atoms with Gasteiger partial charge in [0.15, 0.2) is 0 Å². The van der Waals surface area contributed by atoms with Crippen molar-refractivity contribution in [1.29, 1.82) is 0 Å². The minimum atomic E-state index is -0.944. The van der Waals surface area contributed by atoms with Crippen LogP contribution in [0.3, 0.4) is 0 Å². The maximum atomic E-state index is 13.6. The Hall–Kier alpha value is -3.10. The normalized spacial score (nSPS) is 17.1. The molecule has 4 rings (SSSR count). The van der Waals surface area contributed by atoms with Crippen LogP contribution in [0.2, 0.25) is 0 Å². The van der Waals surface area contributed by atoms with Crippen LogP contribution < -0.4 is 10.6 Å². The van der Waals surface area contributed by atoms with Gasteiger partial charge in [-0.1, -0.05) is 12.1 Å². The molecular formula is C26H30F2N4O2. The fourth-order valence-corrected chi connectivity index (χ4v) is 4.74. The fraction of sp³-hybridized carbons (Fsp3) is 0.385. The van der Waals surface area contributed by atoms with Gasteiger partial charge in [0, 0.05) is 38.2 Å². The molecule has 1 amide bonds. The van der Waals surface area contributed by atoms with Crippen LogP contribution in [0.25, 0.3) is 11.3 Å². The number of aliphatic hydroxyl groups excluding tert-OH is 1. The number of aliphatic hydroxyl groups is 1. The summed E-state index contributed by atoms with van der Waals surface area (Å²) in [5.41, 5.74) is 4.95. The lowest BCUT2D eigenvalue weighted by Gasteiger charge is -2.30. The molecule has 3 aromatic rings. The van der Waals surface area contributed by atoms with E-state index >= 15 is 0 Å². The predicted octanol–water partition coefficient (Wildman–Crippen LogP) is 3.44. The van der Waals surface area contributed by atoms with Crippen LogP contribution in [0.5, 0.6) is 0 Å². The van der Waals surface area contributed by atoms with Crippen LogP contribution in [0.1, 0.15) is 42.5 Å². The third-order valence-electron chi connectivity index (χ3n) is 6.38. The zero-order valence-corrected chi connectivity index (χ0v) is 19.4. The highest BCUT2D eigenvalue weighted by Gasteiger charge is 2.25. The van der Waals surface area contributed by atoms with Gasteiger partial charge in [0.1, 0.15) is 11.6 Å². The molecular weight excluding hydrogens is 438 g/mol. The molecule has 1 aromatic heterocycles. The molecule has 0 fully saturated rings. The van der Waals surface area contributed by atoms with E-state index in [9.17, 15) is 18.7 Å². The van der Waals surface area contributed by atoms with Gasteiger partial charge in [-0.2, -0.15) is 0 Å². The van der Waals surface area contributed by atoms with Gasteiger partial charge < -0.3 is 20.3 Å². The molecule has 0 radical (unpaired) electrons. The van der Waals surface area contributed by atoms with Gasteiger partial charge in [-0.3, -0.25) is 4.79 Å². The lowest BCUT2D eigenvalue weighted by Crippen LogP contribution is -2.48. The Balaban J connectivity index is 1.48. The lowest BCUT2D eigenvalue weighted by atomic mass is 9.86. The predicted molar refractivity (Wildman–Crippen MR) is 126 cm³/mol. The summed E-state index contributed by atoms with van der Waals surface area (Å²) in [6.45, 7) is 1.58. The van der Waals surface area contributed by atoms with Gasteiger partial charge in [-0.25, -0.2) is 13.8 Å². The van der Waals surface area contributed by atoms with Gasteiger partial charge >= 0.3 is 0 Å². The fourth-order valence-electron chi connectivity index (χ4n) is 4.74. The Morgan fingerprint density at radius 3 is 2.68 bits per heavy atom. The molecule has 3 N–H and O–H groups in total. The number of nitrogens with one attached hydrogen (secondary N) is 2. The summed E-state index contributed by atoms with van der Waals surface area (Å²) >= 11 is 0. The monoisotopic (exact) mass is 468 g/mol. The molecule has 0 saturated carbocycles. The molecule has 1 heterocycles. The van der Waals surface area contributed by atoms with Crippen molar-refractivity contribution >= 4 is 5.91 Å². The third-order valence-corrected chi connectivity index (χ3v) is 6.38. The zero-order chi connectivity index (χ0) is 24.2. The number of benzene rings is 2. The second-order valence-corrected chi connectivity index (χ2v) is 9.01. The Kier molecular flexibility index (Phi) is 7.38. The van der Waals surface area contributed by atoms with Crippen molar-refractivity contribution in [3.8, 4) is 11.3 Å². The van der Waals surface area contributed by atoms with Crippen molar-refractivity contribution in [2.45, 2.75) is 50.8 Å². The molecule has 0 saturated heterocycles. The number of aromatic nitrogens is 2. The summed E-state index contributed by atoms with van der Waals surface area (Å²) < 4.78 is 29.2. The topological polar surface area (TPSA) is 79.2 Å². The number of fused-ring (bicyclic) bond motifs is 1. The first kappa shape index (κ1) is 24.0. The average Bonchev–Trinajstić information content (AvgIpc) is 3.21. The van der Waals surface area contributed by atoms with Gasteiger partial charge in [0.25, 0.3) is 0 Å². The first-order valence-electron chi connectivity index (χ1n) is 11.5. The molecule has 8 heteroatoms. The van der Waals surface area contributed by atoms with E-state index in [0.717, 1.165) is 36.6 Å². The number of nitrogens with zero attached hydrogens (tertiary/aromatic N) is 2. The van der Waals surface area contributed by atoms with Crippen molar-refractivity contribution in [1.82, 2.24) is 20.2 Å². The molecule has 0 bridgehead atoms. The van der Waals surface area contributed by atoms with Gasteiger partial charge in [0.2, 0.25) is 5.91 Å². The molecule has 34 heavy (non-hydrogen) atoms. The molecule has 180 valence electrons. The summed E-state index contributed by atoms with van der Waals surface area (Å²) in [5.74, 6) is -1.69. The number of rotatable bonds is 8. The van der Waals surface area contributed by atoms with Crippen LogP contribution in [0, 0.1) is 11.6 Å². The van der Waals surface area contributed by atoms with E-state index in [1.54, 1.807) is 6.33 Å². The van der Waals surface area contributed by atoms with Crippen LogP contribution in [-0.4, -0.2) is 39.3 Å². The zero-order valence-electron chi connectivity index (χ0n) is 19.4. The van der Waals surface area contributed by atoms with E-state index in [4.69, 9.17) is 0 Å². The minimum absolute atomic E-state index is 0.0520. The smallest absolute Gasteiger partial charge is 0.217 e. The van der Waals surface area contributed by atoms with Crippen molar-refractivity contribution in [2.24, 2.45) is 7.05 Å². The maximum absolute atomic E-state index is 13.6. The van der Waals surface area contributed by atoms with E-state index in [1.165, 1.54) is 30.2 Å². The lowest BCUT2D eigenvalue weighted by molar-refractivity contribution is -0.120. The number of halogens is 2. The number of hydrogen-bond donors (Lipinski definition) is 3. The van der Waals surface area contributed by atoms with Crippen molar-refractivity contribution in [3.05, 3.63) is 77.2 Å². The standard InChI is InChI=1S/C26H30F2N4O2/c1-16(33)31-24(10-17-8-20(27)12-21(28)9-17)26(34)14-30-23-5-3-4-18-6-7-19(11-22(18)23)25-13-29-15-32(25)2/h6-9,11-13,15,23-24,26,30,34H,3-5,10,14H2,1-2H3,(H,31,33). The number of amides is 1. The first-order chi connectivity index (χ1) is 16.3. The third kappa shape index (κ3) is 5.69. The number of hydrogen-bond acceptors (Lipinski definition) is 4. The van der Waals surface area contributed by atoms with Crippen LogP contribution in [0.15, 0.2) is 48.9 Å². The molecule has 0 aliphatic heterocycles. The largest absolute Gasteiger partial charge is 0.390 e. The minimum Gasteiger partial charge on any atom is -0.390 e. The summed E-state index contributed by atoms with van der Waals surface area (Å²) in [4.78, 5) is 15.9. The molecule has 1 aliphatic rings. The Bertz CT molecular complexity index is 1140. The SMILES string of the molecule is CC(=O)NC(Cc1cc(F)cc(F)c1)C(O)CNC1CCCc2ccc(-c3cncn3C)cc21. The van der Waals surface area contributed by atoms with Crippen molar-refractivity contribution in [3.63, 3.8) is 0 Å². The molecule has 6 nitrogen and oxygen atoms in total. The molecule has 1 aliphatic carbocycles. The molecule has 3 unspecified atom stereocenters. The summed E-state index contributed by atoms with van der Waals surface area (Å²) in [6.07, 6.45) is 5.74. The second kappa shape index (κ2) is 10.4. The molecule has 3 atom stereocenters. The van der Waals surface area contributed by atoms with E-state index in [0.29, 0.717) is 5.56 Å². The summed E-state index contributed by atoms with van der Waals surface area (Å²) in [6, 6.07) is 9.04. The number of aryl methyl sites for hydroxylation is 2. The highest BCUT2D eigenvalue weighted by atomic mass is 19.1. The van der Waals surface area contributed by atoms with E-state index in [-0.39, 0.29) is 24.9 Å². The number of imidazole rings is 1. The Labute approximate surface area is 198 Å². The van der Waals surface area contributed by atoms with Crippen LogP contribution >= 0.6 is 0 Å². The van der Waals surface area contributed by atoms with E-state index < -0.39 is 23.8 Å². The van der Waals surface area contributed by atoms with Gasteiger partial charge in [-0.15, -0.1) is 0 Å². The quantitative estimate of drug-likeness (QED) is 0.473. The van der Waals surface area contributed by atoms with Crippen LogP contribution in [0.4, 0.5) is 8.78 Å². The molecule has 2 aromatic carbocycles. The highest BCUT2D eigenvalue weighted by Crippen LogP contribution is 2.33.